The van der Waals surface area contributed by atoms with Crippen LogP contribution in [0.1, 0.15) is 12.5 Å². The molecular weight excluding hydrogens is 311 g/mol. The second kappa shape index (κ2) is 6.16. The highest BCUT2D eigenvalue weighted by molar-refractivity contribution is 6.32. The number of ether oxygens (including phenoxy) is 1. The molecule has 0 bridgehead atoms. The zero-order chi connectivity index (χ0) is 17.3. The predicted molar refractivity (Wildman–Crippen MR) is 89.6 cm³/mol. The Kier molecular flexibility index (Phi) is 4.04. The molecule has 2 aromatic rings. The molecule has 0 unspecified atom stereocenters. The molecule has 1 aliphatic rings. The topological polar surface area (TPSA) is 62.1 Å². The van der Waals surface area contributed by atoms with Gasteiger partial charge in [-0.15, -0.1) is 0 Å². The van der Waals surface area contributed by atoms with Crippen molar-refractivity contribution in [1.82, 2.24) is 0 Å². The lowest BCUT2D eigenvalue weighted by atomic mass is 10.1. The number of aromatic hydroxyl groups is 1. The number of amides is 1. The third-order valence-corrected chi connectivity index (χ3v) is 3.63. The molecule has 1 amide bonds. The minimum absolute atomic E-state index is 0.0178. The molecule has 24 heavy (non-hydrogen) atoms. The van der Waals surface area contributed by atoms with Crippen LogP contribution >= 0.6 is 0 Å². The van der Waals surface area contributed by atoms with Gasteiger partial charge in [0.2, 0.25) is 0 Å². The maximum absolute atomic E-state index is 13.4. The summed E-state index contributed by atoms with van der Waals surface area (Å²) < 4.78 is 18.4. The monoisotopic (exact) mass is 326 g/mol. The Hall–Kier alpha value is -3.15. The number of nitrogens with zero attached hydrogens (tertiary/aromatic N) is 2. The van der Waals surface area contributed by atoms with Crippen molar-refractivity contribution in [1.29, 1.82) is 0 Å². The normalized spacial score (nSPS) is 15.8. The summed E-state index contributed by atoms with van der Waals surface area (Å²) in [5.41, 5.74) is 1.97. The van der Waals surface area contributed by atoms with Crippen molar-refractivity contribution in [2.75, 3.05) is 12.1 Å². The van der Waals surface area contributed by atoms with Gasteiger partial charge in [0.05, 0.1) is 24.1 Å². The SMILES string of the molecule is COc1cc(/C=C2/C(=O)N(c3cccc(F)c3)N=C2C)ccc1O. The van der Waals surface area contributed by atoms with Crippen molar-refractivity contribution in [2.24, 2.45) is 5.10 Å². The van der Waals surface area contributed by atoms with Crippen molar-refractivity contribution in [3.05, 3.63) is 59.4 Å². The number of phenols is 1. The molecule has 3 rings (SSSR count). The Morgan fingerprint density at radius 1 is 1.25 bits per heavy atom. The molecule has 0 saturated heterocycles. The fourth-order valence-corrected chi connectivity index (χ4v) is 2.42. The molecule has 0 radical (unpaired) electrons. The fraction of sp³-hybridized carbons (Fsp3) is 0.111. The molecule has 0 fully saturated rings. The number of methoxy groups -OCH3 is 1. The number of benzene rings is 2. The van der Waals surface area contributed by atoms with Gasteiger partial charge in [-0.2, -0.15) is 10.1 Å². The third kappa shape index (κ3) is 2.86. The summed E-state index contributed by atoms with van der Waals surface area (Å²) in [6, 6.07) is 10.5. The lowest BCUT2D eigenvalue weighted by Gasteiger charge is -2.11. The summed E-state index contributed by atoms with van der Waals surface area (Å²) in [5.74, 6) is -0.449. The first-order valence-corrected chi connectivity index (χ1v) is 7.24. The van der Waals surface area contributed by atoms with Crippen LogP contribution < -0.4 is 9.75 Å². The molecule has 0 saturated carbocycles. The summed E-state index contributed by atoms with van der Waals surface area (Å²) in [6.45, 7) is 1.71. The van der Waals surface area contributed by atoms with E-state index in [9.17, 15) is 14.3 Å². The minimum Gasteiger partial charge on any atom is -0.504 e. The van der Waals surface area contributed by atoms with Crippen LogP contribution in [0.15, 0.2) is 53.1 Å². The zero-order valence-corrected chi connectivity index (χ0v) is 13.2. The van der Waals surface area contributed by atoms with Crippen molar-refractivity contribution < 1.29 is 19.0 Å². The lowest BCUT2D eigenvalue weighted by Crippen LogP contribution is -2.21. The Morgan fingerprint density at radius 3 is 2.75 bits per heavy atom. The summed E-state index contributed by atoms with van der Waals surface area (Å²) in [7, 11) is 1.45. The largest absolute Gasteiger partial charge is 0.504 e. The van der Waals surface area contributed by atoms with Gasteiger partial charge < -0.3 is 9.84 Å². The van der Waals surface area contributed by atoms with E-state index in [2.05, 4.69) is 5.10 Å². The molecule has 0 aromatic heterocycles. The molecule has 0 atom stereocenters. The van der Waals surface area contributed by atoms with E-state index < -0.39 is 5.82 Å². The minimum atomic E-state index is -0.436. The number of carbonyl (C=O) groups excluding carboxylic acids is 1. The van der Waals surface area contributed by atoms with Crippen molar-refractivity contribution in [3.8, 4) is 11.5 Å². The van der Waals surface area contributed by atoms with Crippen LogP contribution in [0.4, 0.5) is 10.1 Å². The van der Waals surface area contributed by atoms with E-state index >= 15 is 0 Å². The fourth-order valence-electron chi connectivity index (χ4n) is 2.42. The summed E-state index contributed by atoms with van der Waals surface area (Å²) in [4.78, 5) is 12.6. The molecule has 0 aliphatic carbocycles. The van der Waals surface area contributed by atoms with Gasteiger partial charge in [0, 0.05) is 0 Å². The van der Waals surface area contributed by atoms with Crippen LogP contribution in [-0.4, -0.2) is 23.8 Å². The van der Waals surface area contributed by atoms with E-state index in [1.807, 2.05) is 0 Å². The van der Waals surface area contributed by atoms with Crippen LogP contribution in [-0.2, 0) is 4.79 Å². The van der Waals surface area contributed by atoms with Gasteiger partial charge in [0.15, 0.2) is 11.5 Å². The predicted octanol–water partition coefficient (Wildman–Crippen LogP) is 3.35. The average molecular weight is 326 g/mol. The van der Waals surface area contributed by atoms with E-state index in [1.165, 1.54) is 36.4 Å². The van der Waals surface area contributed by atoms with Crippen LogP contribution in [0.5, 0.6) is 11.5 Å². The van der Waals surface area contributed by atoms with Gasteiger partial charge in [-0.1, -0.05) is 12.1 Å². The molecule has 1 aliphatic heterocycles. The number of carbonyl (C=O) groups is 1. The second-order valence-electron chi connectivity index (χ2n) is 5.27. The van der Waals surface area contributed by atoms with Gasteiger partial charge in [-0.25, -0.2) is 4.39 Å². The number of hydrogen-bond donors (Lipinski definition) is 1. The summed E-state index contributed by atoms with van der Waals surface area (Å²) >= 11 is 0. The lowest BCUT2D eigenvalue weighted by molar-refractivity contribution is -0.114. The van der Waals surface area contributed by atoms with Crippen LogP contribution in [0.3, 0.4) is 0 Å². The van der Waals surface area contributed by atoms with E-state index in [-0.39, 0.29) is 11.7 Å². The molecule has 5 nitrogen and oxygen atoms in total. The number of phenolic OH excluding ortho intramolecular Hbond substituents is 1. The van der Waals surface area contributed by atoms with E-state index in [4.69, 9.17) is 4.74 Å². The van der Waals surface area contributed by atoms with Crippen molar-refractivity contribution in [3.63, 3.8) is 0 Å². The van der Waals surface area contributed by atoms with Gasteiger partial charge in [0.25, 0.3) is 5.91 Å². The number of hydrogen-bond acceptors (Lipinski definition) is 4. The van der Waals surface area contributed by atoms with Crippen molar-refractivity contribution >= 4 is 23.4 Å². The van der Waals surface area contributed by atoms with Gasteiger partial charge in [0.1, 0.15) is 5.82 Å². The first kappa shape index (κ1) is 15.7. The Labute approximate surface area is 138 Å². The smallest absolute Gasteiger partial charge is 0.280 e. The molecule has 122 valence electrons. The maximum atomic E-state index is 13.4. The maximum Gasteiger partial charge on any atom is 0.280 e. The van der Waals surface area contributed by atoms with E-state index in [1.54, 1.807) is 31.2 Å². The first-order valence-electron chi connectivity index (χ1n) is 7.24. The quantitative estimate of drug-likeness (QED) is 0.880. The Bertz CT molecular complexity index is 874. The molecule has 6 heteroatoms. The molecule has 1 heterocycles. The number of anilines is 1. The van der Waals surface area contributed by atoms with E-state index in [0.29, 0.717) is 28.3 Å². The highest BCUT2D eigenvalue weighted by atomic mass is 19.1. The van der Waals surface area contributed by atoms with Crippen molar-refractivity contribution in [2.45, 2.75) is 6.92 Å². The summed E-state index contributed by atoms with van der Waals surface area (Å²) in [6.07, 6.45) is 1.66. The molecule has 0 spiro atoms. The highest BCUT2D eigenvalue weighted by Crippen LogP contribution is 2.29. The number of hydrazone groups is 1. The van der Waals surface area contributed by atoms with E-state index in [0.717, 1.165) is 0 Å². The van der Waals surface area contributed by atoms with Gasteiger partial charge in [-0.3, -0.25) is 4.79 Å². The molecular formula is C18H15FN2O3. The Morgan fingerprint density at radius 2 is 2.04 bits per heavy atom. The first-order chi connectivity index (χ1) is 11.5. The average Bonchev–Trinajstić information content (AvgIpc) is 2.84. The van der Waals surface area contributed by atoms with Crippen LogP contribution in [0.2, 0.25) is 0 Å². The number of rotatable bonds is 3. The Balaban J connectivity index is 1.96. The second-order valence-corrected chi connectivity index (χ2v) is 5.27. The standard InChI is InChI=1S/C18H15FN2O3/c1-11-15(8-12-6-7-16(22)17(9-12)24-2)18(23)21(20-11)14-5-3-4-13(19)10-14/h3-10,22H,1-2H3/b15-8+. The van der Waals surface area contributed by atoms with Gasteiger partial charge in [-0.05, 0) is 48.9 Å². The van der Waals surface area contributed by atoms with Crippen LogP contribution in [0.25, 0.3) is 6.08 Å². The summed E-state index contributed by atoms with van der Waals surface area (Å²) in [5, 5.41) is 15.0. The zero-order valence-electron chi connectivity index (χ0n) is 13.2. The van der Waals surface area contributed by atoms with Gasteiger partial charge >= 0.3 is 0 Å². The number of halogens is 1. The highest BCUT2D eigenvalue weighted by Gasteiger charge is 2.28. The molecule has 1 N–H and O–H groups in total. The van der Waals surface area contributed by atoms with Crippen LogP contribution in [0, 0.1) is 5.82 Å². The third-order valence-electron chi connectivity index (χ3n) is 3.63. The molecule has 2 aromatic carbocycles.